The summed E-state index contributed by atoms with van der Waals surface area (Å²) in [5.41, 5.74) is 3.28. The van der Waals surface area contributed by atoms with Gasteiger partial charge in [-0.1, -0.05) is 12.1 Å². The third-order valence-electron chi connectivity index (χ3n) is 6.05. The fraction of sp³-hybridized carbons (Fsp3) is 0.154. The summed E-state index contributed by atoms with van der Waals surface area (Å²) in [4.78, 5) is 12.7. The number of aryl methyl sites for hydroxylation is 3. The summed E-state index contributed by atoms with van der Waals surface area (Å²) < 4.78 is 8.70. The van der Waals surface area contributed by atoms with Gasteiger partial charge in [0.15, 0.2) is 5.82 Å². The first-order chi connectivity index (χ1) is 16.4. The monoisotopic (exact) mass is 456 g/mol. The molecule has 0 saturated heterocycles. The number of benzene rings is 3. The molecule has 2 heterocycles. The molecule has 0 aliphatic rings. The van der Waals surface area contributed by atoms with Gasteiger partial charge in [-0.15, -0.1) is 0 Å². The van der Waals surface area contributed by atoms with E-state index in [1.54, 1.807) is 13.2 Å². The molecule has 0 saturated carbocycles. The number of phenols is 2. The molecule has 0 bridgehead atoms. The SMILES string of the molecule is COc1cccc(CCc2cc(-c3n[nH]c(=O)n3-c3ccc4c(ccn4C)c3)c(O)cc2O)c1. The van der Waals surface area contributed by atoms with E-state index in [9.17, 15) is 15.0 Å². The van der Waals surface area contributed by atoms with Gasteiger partial charge in [0.05, 0.1) is 18.4 Å². The van der Waals surface area contributed by atoms with Crippen LogP contribution in [0.4, 0.5) is 0 Å². The molecule has 0 spiro atoms. The highest BCUT2D eigenvalue weighted by atomic mass is 16.5. The molecule has 34 heavy (non-hydrogen) atoms. The van der Waals surface area contributed by atoms with Crippen molar-refractivity contribution in [2.24, 2.45) is 7.05 Å². The quantitative estimate of drug-likeness (QED) is 0.359. The van der Waals surface area contributed by atoms with Gasteiger partial charge in [0, 0.05) is 30.2 Å². The molecule has 8 nitrogen and oxygen atoms in total. The highest BCUT2D eigenvalue weighted by Gasteiger charge is 2.19. The average Bonchev–Trinajstić information content (AvgIpc) is 3.40. The van der Waals surface area contributed by atoms with E-state index in [0.717, 1.165) is 22.2 Å². The van der Waals surface area contributed by atoms with Crippen LogP contribution >= 0.6 is 0 Å². The molecular weight excluding hydrogens is 432 g/mol. The van der Waals surface area contributed by atoms with Crippen molar-refractivity contribution in [3.8, 4) is 34.3 Å². The van der Waals surface area contributed by atoms with Gasteiger partial charge >= 0.3 is 5.69 Å². The van der Waals surface area contributed by atoms with Crippen LogP contribution in [-0.2, 0) is 19.9 Å². The summed E-state index contributed by atoms with van der Waals surface area (Å²) in [5, 5.41) is 28.7. The minimum absolute atomic E-state index is 0.0146. The van der Waals surface area contributed by atoms with Crippen molar-refractivity contribution < 1.29 is 14.9 Å². The third kappa shape index (κ3) is 3.79. The lowest BCUT2D eigenvalue weighted by atomic mass is 10.0. The number of ether oxygens (including phenoxy) is 1. The van der Waals surface area contributed by atoms with E-state index < -0.39 is 5.69 Å². The minimum atomic E-state index is -0.421. The predicted octanol–water partition coefficient (Wildman–Crippen LogP) is 3.92. The predicted molar refractivity (Wildman–Crippen MR) is 130 cm³/mol. The van der Waals surface area contributed by atoms with Crippen molar-refractivity contribution in [3.63, 3.8) is 0 Å². The summed E-state index contributed by atoms with van der Waals surface area (Å²) in [7, 11) is 3.58. The second-order valence-corrected chi connectivity index (χ2v) is 8.21. The number of aromatic amines is 1. The molecule has 8 heteroatoms. The van der Waals surface area contributed by atoms with E-state index in [1.165, 1.54) is 10.6 Å². The smallest absolute Gasteiger partial charge is 0.348 e. The molecule has 0 fully saturated rings. The number of methoxy groups -OCH3 is 1. The summed E-state index contributed by atoms with van der Waals surface area (Å²) in [6.45, 7) is 0. The molecule has 0 atom stereocenters. The zero-order valence-corrected chi connectivity index (χ0v) is 18.8. The molecular formula is C26H24N4O4. The molecule has 0 radical (unpaired) electrons. The number of fused-ring (bicyclic) bond motifs is 1. The number of hydrogen-bond donors (Lipinski definition) is 3. The van der Waals surface area contributed by atoms with Crippen LogP contribution in [-0.4, -0.2) is 36.7 Å². The van der Waals surface area contributed by atoms with Gasteiger partial charge in [-0.25, -0.2) is 14.5 Å². The summed E-state index contributed by atoms with van der Waals surface area (Å²) in [5.74, 6) is 0.854. The molecule has 3 N–H and O–H groups in total. The Hall–Kier alpha value is -4.46. The summed E-state index contributed by atoms with van der Waals surface area (Å²) >= 11 is 0. The second kappa shape index (κ2) is 8.47. The largest absolute Gasteiger partial charge is 0.508 e. The van der Waals surface area contributed by atoms with Crippen LogP contribution in [0.25, 0.3) is 28.0 Å². The van der Waals surface area contributed by atoms with Gasteiger partial charge < -0.3 is 19.5 Å². The maximum absolute atomic E-state index is 12.7. The first-order valence-corrected chi connectivity index (χ1v) is 10.9. The Morgan fingerprint density at radius 2 is 1.85 bits per heavy atom. The van der Waals surface area contributed by atoms with Gasteiger partial charge in [-0.2, -0.15) is 5.10 Å². The minimum Gasteiger partial charge on any atom is -0.508 e. The van der Waals surface area contributed by atoms with E-state index in [-0.39, 0.29) is 17.3 Å². The first kappa shape index (κ1) is 21.4. The lowest BCUT2D eigenvalue weighted by Gasteiger charge is -2.12. The molecule has 0 aliphatic carbocycles. The van der Waals surface area contributed by atoms with E-state index >= 15 is 0 Å². The van der Waals surface area contributed by atoms with Crippen molar-refractivity contribution in [1.29, 1.82) is 0 Å². The fourth-order valence-electron chi connectivity index (χ4n) is 4.23. The van der Waals surface area contributed by atoms with Crippen LogP contribution in [0.3, 0.4) is 0 Å². The average molecular weight is 457 g/mol. The van der Waals surface area contributed by atoms with Crippen LogP contribution in [0, 0.1) is 0 Å². The van der Waals surface area contributed by atoms with E-state index in [0.29, 0.717) is 29.7 Å². The zero-order valence-electron chi connectivity index (χ0n) is 18.8. The van der Waals surface area contributed by atoms with Crippen LogP contribution in [0.15, 0.2) is 71.7 Å². The molecule has 172 valence electrons. The van der Waals surface area contributed by atoms with Crippen molar-refractivity contribution in [3.05, 3.63) is 88.5 Å². The van der Waals surface area contributed by atoms with Crippen molar-refractivity contribution in [1.82, 2.24) is 19.3 Å². The molecule has 0 unspecified atom stereocenters. The maximum atomic E-state index is 12.7. The Balaban J connectivity index is 1.53. The van der Waals surface area contributed by atoms with Gasteiger partial charge in [0.25, 0.3) is 0 Å². The molecule has 0 amide bonds. The van der Waals surface area contributed by atoms with E-state index in [2.05, 4.69) is 10.2 Å². The Morgan fingerprint density at radius 1 is 1.00 bits per heavy atom. The molecule has 3 aromatic carbocycles. The molecule has 5 aromatic rings. The number of aromatic hydroxyl groups is 2. The number of aromatic nitrogens is 4. The van der Waals surface area contributed by atoms with Crippen LogP contribution < -0.4 is 10.4 Å². The molecule has 2 aromatic heterocycles. The lowest BCUT2D eigenvalue weighted by Crippen LogP contribution is -2.15. The molecule has 0 aliphatic heterocycles. The Labute approximate surface area is 195 Å². The van der Waals surface area contributed by atoms with Crippen LogP contribution in [0.5, 0.6) is 17.2 Å². The van der Waals surface area contributed by atoms with E-state index in [1.807, 2.05) is 66.3 Å². The lowest BCUT2D eigenvalue weighted by molar-refractivity contribution is 0.414. The first-order valence-electron chi connectivity index (χ1n) is 10.9. The van der Waals surface area contributed by atoms with Crippen molar-refractivity contribution in [2.75, 3.05) is 7.11 Å². The van der Waals surface area contributed by atoms with Gasteiger partial charge in [0.2, 0.25) is 0 Å². The number of nitrogens with zero attached hydrogens (tertiary/aromatic N) is 3. The summed E-state index contributed by atoms with van der Waals surface area (Å²) in [6.07, 6.45) is 3.14. The third-order valence-corrected chi connectivity index (χ3v) is 6.05. The van der Waals surface area contributed by atoms with Crippen LogP contribution in [0.1, 0.15) is 11.1 Å². The Bertz CT molecular complexity index is 1560. The topological polar surface area (TPSA) is 105 Å². The van der Waals surface area contributed by atoms with E-state index in [4.69, 9.17) is 4.74 Å². The highest BCUT2D eigenvalue weighted by Crippen LogP contribution is 2.35. The van der Waals surface area contributed by atoms with Crippen molar-refractivity contribution >= 4 is 10.9 Å². The normalized spacial score (nSPS) is 11.2. The van der Waals surface area contributed by atoms with Gasteiger partial charge in [-0.05, 0) is 66.4 Å². The Kier molecular flexibility index (Phi) is 5.33. The number of hydrogen-bond acceptors (Lipinski definition) is 5. The number of phenolic OH excluding ortho intramolecular Hbond substituents is 2. The highest BCUT2D eigenvalue weighted by molar-refractivity contribution is 5.82. The van der Waals surface area contributed by atoms with Gasteiger partial charge in [-0.3, -0.25) is 0 Å². The zero-order chi connectivity index (χ0) is 23.8. The fourth-order valence-corrected chi connectivity index (χ4v) is 4.23. The van der Waals surface area contributed by atoms with Crippen LogP contribution in [0.2, 0.25) is 0 Å². The molecule has 5 rings (SSSR count). The van der Waals surface area contributed by atoms with Crippen molar-refractivity contribution in [2.45, 2.75) is 12.8 Å². The maximum Gasteiger partial charge on any atom is 0.348 e. The van der Waals surface area contributed by atoms with Gasteiger partial charge in [0.1, 0.15) is 17.2 Å². The number of rotatable bonds is 6. The number of nitrogens with one attached hydrogen (secondary N) is 1. The Morgan fingerprint density at radius 3 is 2.68 bits per heavy atom. The standard InChI is InChI=1S/C26H24N4O4/c1-29-11-10-17-13-19(8-9-22(17)29)30-25(27-28-26(30)33)21-14-18(23(31)15-24(21)32)7-6-16-4-3-5-20(12-16)34-2/h3-5,8-15,31-32H,6-7H2,1-2H3,(H,28,33). The number of H-pyrrole nitrogens is 1. The second-order valence-electron chi connectivity index (χ2n) is 8.21. The summed E-state index contributed by atoms with van der Waals surface area (Å²) in [6, 6.07) is 18.3.